The summed E-state index contributed by atoms with van der Waals surface area (Å²) in [5.74, 6) is -0.349. The van der Waals surface area contributed by atoms with Gasteiger partial charge in [0.15, 0.2) is 0 Å². The number of benzene rings is 2. The second kappa shape index (κ2) is 7.14. The van der Waals surface area contributed by atoms with Gasteiger partial charge < -0.3 is 4.74 Å². The molecule has 2 aromatic rings. The monoisotopic (exact) mass is 328 g/mol. The first-order valence-electron chi connectivity index (χ1n) is 7.43. The molecule has 0 radical (unpaired) electrons. The average molecular weight is 328 g/mol. The lowest BCUT2D eigenvalue weighted by Crippen LogP contribution is -2.19. The summed E-state index contributed by atoms with van der Waals surface area (Å²) < 4.78 is 5.14. The molecular formula is C18H20N2O4. The highest BCUT2D eigenvalue weighted by molar-refractivity contribution is 5.93. The number of carbonyl (C=O) groups excluding carboxylic acids is 2. The van der Waals surface area contributed by atoms with Crippen LogP contribution in [0.3, 0.4) is 0 Å². The third kappa shape index (κ3) is 4.57. The zero-order valence-corrected chi connectivity index (χ0v) is 13.8. The molecule has 2 amide bonds. The molecule has 126 valence electrons. The van der Waals surface area contributed by atoms with E-state index in [1.807, 2.05) is 24.3 Å². The second-order valence-corrected chi connectivity index (χ2v) is 6.31. The number of hydrogen-bond donors (Lipinski definition) is 3. The first-order chi connectivity index (χ1) is 11.3. The molecule has 0 fully saturated rings. The van der Waals surface area contributed by atoms with Crippen LogP contribution in [0.1, 0.15) is 36.7 Å². The third-order valence-corrected chi connectivity index (χ3v) is 3.43. The van der Waals surface area contributed by atoms with Gasteiger partial charge in [-0.3, -0.25) is 15.3 Å². The molecule has 0 bridgehead atoms. The Bertz CT molecular complexity index is 716. The molecular weight excluding hydrogens is 308 g/mol. The van der Waals surface area contributed by atoms with Crippen molar-refractivity contribution in [3.63, 3.8) is 0 Å². The highest BCUT2D eigenvalue weighted by Crippen LogP contribution is 2.23. The van der Waals surface area contributed by atoms with Crippen LogP contribution in [0.2, 0.25) is 0 Å². The SMILES string of the molecule is CC(C)(C)c1ccc(NC(=O)Oc2ccc(C(=O)NO)cc2)cc1. The Labute approximate surface area is 140 Å². The molecule has 0 saturated carbocycles. The molecule has 0 aliphatic heterocycles. The van der Waals surface area contributed by atoms with Crippen LogP contribution in [-0.2, 0) is 5.41 Å². The number of rotatable bonds is 3. The van der Waals surface area contributed by atoms with E-state index < -0.39 is 12.0 Å². The van der Waals surface area contributed by atoms with Crippen LogP contribution in [0.25, 0.3) is 0 Å². The van der Waals surface area contributed by atoms with Gasteiger partial charge in [-0.15, -0.1) is 0 Å². The molecule has 2 rings (SSSR count). The first kappa shape index (κ1) is 17.5. The van der Waals surface area contributed by atoms with E-state index in [4.69, 9.17) is 9.94 Å². The van der Waals surface area contributed by atoms with Gasteiger partial charge in [-0.05, 0) is 47.4 Å². The summed E-state index contributed by atoms with van der Waals surface area (Å²) in [7, 11) is 0. The fourth-order valence-corrected chi connectivity index (χ4v) is 2.04. The fraction of sp³-hybridized carbons (Fsp3) is 0.222. The predicted molar refractivity (Wildman–Crippen MR) is 90.5 cm³/mol. The summed E-state index contributed by atoms with van der Waals surface area (Å²) in [5.41, 5.74) is 3.62. The number of amides is 2. The molecule has 24 heavy (non-hydrogen) atoms. The standard InChI is InChI=1S/C18H20N2O4/c1-18(2,3)13-6-8-14(9-7-13)19-17(22)24-15-10-4-12(5-11-15)16(21)20-23/h4-11,23H,1-3H3,(H,19,22)(H,20,21). The Morgan fingerprint density at radius 2 is 1.54 bits per heavy atom. The number of nitrogens with one attached hydrogen (secondary N) is 2. The summed E-state index contributed by atoms with van der Waals surface area (Å²) in [4.78, 5) is 23.1. The van der Waals surface area contributed by atoms with E-state index in [-0.39, 0.29) is 16.7 Å². The number of ether oxygens (including phenoxy) is 1. The quantitative estimate of drug-likeness (QED) is 0.592. The van der Waals surface area contributed by atoms with E-state index in [1.165, 1.54) is 35.3 Å². The molecule has 0 aliphatic rings. The van der Waals surface area contributed by atoms with Gasteiger partial charge in [0.2, 0.25) is 0 Å². The maximum atomic E-state index is 11.9. The number of hydroxylamine groups is 1. The van der Waals surface area contributed by atoms with Crippen molar-refractivity contribution in [1.82, 2.24) is 5.48 Å². The minimum absolute atomic E-state index is 0.0433. The lowest BCUT2D eigenvalue weighted by atomic mass is 9.87. The van der Waals surface area contributed by atoms with Crippen molar-refractivity contribution < 1.29 is 19.5 Å². The van der Waals surface area contributed by atoms with Gasteiger partial charge in [-0.1, -0.05) is 32.9 Å². The van der Waals surface area contributed by atoms with E-state index in [2.05, 4.69) is 26.1 Å². The van der Waals surface area contributed by atoms with Crippen LogP contribution in [0.4, 0.5) is 10.5 Å². The third-order valence-electron chi connectivity index (χ3n) is 3.43. The molecule has 0 saturated heterocycles. The van der Waals surface area contributed by atoms with E-state index in [9.17, 15) is 9.59 Å². The van der Waals surface area contributed by atoms with Gasteiger partial charge in [0.1, 0.15) is 5.75 Å². The lowest BCUT2D eigenvalue weighted by Gasteiger charge is -2.19. The topological polar surface area (TPSA) is 87.7 Å². The normalized spacial score (nSPS) is 10.8. The van der Waals surface area contributed by atoms with Crippen molar-refractivity contribution in [2.45, 2.75) is 26.2 Å². The Morgan fingerprint density at radius 3 is 2.04 bits per heavy atom. The maximum absolute atomic E-state index is 11.9. The first-order valence-corrected chi connectivity index (χ1v) is 7.43. The molecule has 0 unspecified atom stereocenters. The minimum Gasteiger partial charge on any atom is -0.410 e. The van der Waals surface area contributed by atoms with Crippen molar-refractivity contribution in [3.8, 4) is 5.75 Å². The zero-order valence-electron chi connectivity index (χ0n) is 13.8. The number of anilines is 1. The highest BCUT2D eigenvalue weighted by atomic mass is 16.6. The summed E-state index contributed by atoms with van der Waals surface area (Å²) in [6.07, 6.45) is -0.627. The van der Waals surface area contributed by atoms with E-state index in [0.717, 1.165) is 0 Å². The van der Waals surface area contributed by atoms with E-state index in [0.29, 0.717) is 5.69 Å². The van der Waals surface area contributed by atoms with E-state index >= 15 is 0 Å². The predicted octanol–water partition coefficient (Wildman–Crippen LogP) is 3.71. The Kier molecular flexibility index (Phi) is 5.21. The molecule has 2 aromatic carbocycles. The Balaban J connectivity index is 1.97. The average Bonchev–Trinajstić information content (AvgIpc) is 2.54. The van der Waals surface area contributed by atoms with Gasteiger partial charge in [-0.2, -0.15) is 0 Å². The van der Waals surface area contributed by atoms with Gasteiger partial charge in [0.05, 0.1) is 0 Å². The molecule has 0 spiro atoms. The second-order valence-electron chi connectivity index (χ2n) is 6.31. The van der Waals surface area contributed by atoms with Crippen LogP contribution in [0, 0.1) is 0 Å². The van der Waals surface area contributed by atoms with Crippen molar-refractivity contribution >= 4 is 17.7 Å². The molecule has 0 aromatic heterocycles. The molecule has 6 heteroatoms. The van der Waals surface area contributed by atoms with Crippen molar-refractivity contribution in [3.05, 3.63) is 59.7 Å². The fourth-order valence-electron chi connectivity index (χ4n) is 2.04. The summed E-state index contributed by atoms with van der Waals surface area (Å²) in [6.45, 7) is 6.35. The minimum atomic E-state index is -0.634. The van der Waals surface area contributed by atoms with Gasteiger partial charge in [0.25, 0.3) is 5.91 Å². The van der Waals surface area contributed by atoms with Crippen LogP contribution in [0.15, 0.2) is 48.5 Å². The Morgan fingerprint density at radius 1 is 0.958 bits per heavy atom. The molecule has 3 N–H and O–H groups in total. The highest BCUT2D eigenvalue weighted by Gasteiger charge is 2.13. The van der Waals surface area contributed by atoms with Crippen LogP contribution in [0.5, 0.6) is 5.75 Å². The molecule has 0 aliphatic carbocycles. The van der Waals surface area contributed by atoms with Crippen molar-refractivity contribution in [2.75, 3.05) is 5.32 Å². The summed E-state index contributed by atoms with van der Waals surface area (Å²) >= 11 is 0. The summed E-state index contributed by atoms with van der Waals surface area (Å²) in [5, 5.41) is 11.2. The van der Waals surface area contributed by atoms with Crippen LogP contribution in [-0.4, -0.2) is 17.2 Å². The summed E-state index contributed by atoms with van der Waals surface area (Å²) in [6, 6.07) is 13.3. The number of carbonyl (C=O) groups is 2. The van der Waals surface area contributed by atoms with Gasteiger partial charge >= 0.3 is 6.09 Å². The van der Waals surface area contributed by atoms with Crippen molar-refractivity contribution in [1.29, 1.82) is 0 Å². The van der Waals surface area contributed by atoms with Gasteiger partial charge in [-0.25, -0.2) is 10.3 Å². The van der Waals surface area contributed by atoms with Crippen molar-refractivity contribution in [2.24, 2.45) is 0 Å². The molecule has 0 atom stereocenters. The van der Waals surface area contributed by atoms with Crippen LogP contribution < -0.4 is 15.5 Å². The number of hydrogen-bond acceptors (Lipinski definition) is 4. The largest absolute Gasteiger partial charge is 0.417 e. The van der Waals surface area contributed by atoms with Gasteiger partial charge in [0, 0.05) is 11.3 Å². The van der Waals surface area contributed by atoms with E-state index in [1.54, 1.807) is 0 Å². The maximum Gasteiger partial charge on any atom is 0.417 e. The smallest absolute Gasteiger partial charge is 0.410 e. The molecule has 0 heterocycles. The molecule has 6 nitrogen and oxygen atoms in total. The van der Waals surface area contributed by atoms with Crippen LogP contribution >= 0.6 is 0 Å². The lowest BCUT2D eigenvalue weighted by molar-refractivity contribution is 0.0706. The zero-order chi connectivity index (χ0) is 17.7. The Hall–Kier alpha value is -2.86.